The van der Waals surface area contributed by atoms with Crippen LogP contribution in [0.4, 0.5) is 8.78 Å². The van der Waals surface area contributed by atoms with Gasteiger partial charge in [-0.3, -0.25) is 9.59 Å². The first-order valence-electron chi connectivity index (χ1n) is 12.9. The summed E-state index contributed by atoms with van der Waals surface area (Å²) >= 11 is 0. The highest BCUT2D eigenvalue weighted by atomic mass is 19.1. The fraction of sp³-hybridized carbons (Fsp3) is 0.500. The second kappa shape index (κ2) is 15.2. The van der Waals surface area contributed by atoms with Gasteiger partial charge in [-0.05, 0) is 74.6 Å². The molecule has 0 aliphatic rings. The van der Waals surface area contributed by atoms with Crippen molar-refractivity contribution in [1.82, 2.24) is 10.2 Å². The molecule has 0 fully saturated rings. The number of aryl methyl sites for hydroxylation is 1. The summed E-state index contributed by atoms with van der Waals surface area (Å²) in [5, 5.41) is 16.2. The number of carbonyl (C=O) groups is 2. The Hall–Kier alpha value is -3.24. The number of nitrogens with zero attached hydrogens (tertiary/aromatic N) is 2. The normalized spacial score (nSPS) is 13.4. The lowest BCUT2D eigenvalue weighted by Crippen LogP contribution is -2.50. The van der Waals surface area contributed by atoms with E-state index in [4.69, 9.17) is 4.74 Å². The molecule has 208 valence electrons. The number of benzene rings is 2. The number of rotatable bonds is 15. The zero-order valence-electron chi connectivity index (χ0n) is 22.4. The van der Waals surface area contributed by atoms with E-state index in [0.717, 1.165) is 25.0 Å². The van der Waals surface area contributed by atoms with E-state index in [1.807, 2.05) is 13.8 Å². The van der Waals surface area contributed by atoms with E-state index in [1.165, 1.54) is 6.07 Å². The van der Waals surface area contributed by atoms with Gasteiger partial charge < -0.3 is 20.1 Å². The number of nitrogens with one attached hydrogen (secondary N) is 1. The van der Waals surface area contributed by atoms with Gasteiger partial charge in [-0.25, -0.2) is 8.78 Å². The molecule has 0 spiro atoms. The quantitative estimate of drug-likeness (QED) is 0.330. The molecule has 0 radical (unpaired) electrons. The summed E-state index contributed by atoms with van der Waals surface area (Å²) < 4.78 is 32.9. The lowest BCUT2D eigenvalue weighted by molar-refractivity contribution is 0.0214. The smallest absolute Gasteiger partial charge is 0.253 e. The molecule has 0 saturated heterocycles. The Kier molecular flexibility index (Phi) is 12.4. The average Bonchev–Trinajstić information content (AvgIpc) is 2.86. The summed E-state index contributed by atoms with van der Waals surface area (Å²) in [5.74, 6) is -2.46. The first-order chi connectivity index (χ1) is 18.1. The summed E-state index contributed by atoms with van der Waals surface area (Å²) in [5.41, 5.74) is 1.36. The maximum atomic E-state index is 13.8. The van der Waals surface area contributed by atoms with E-state index in [1.54, 1.807) is 30.9 Å². The van der Waals surface area contributed by atoms with Crippen LogP contribution in [0.3, 0.4) is 0 Å². The molecule has 0 aliphatic carbocycles. The molecule has 0 aromatic heterocycles. The molecule has 2 aromatic rings. The maximum Gasteiger partial charge on any atom is 0.253 e. The molecule has 2 aromatic carbocycles. The van der Waals surface area contributed by atoms with Crippen LogP contribution in [0.15, 0.2) is 41.6 Å². The number of aliphatic hydroxyl groups is 1. The van der Waals surface area contributed by atoms with Crippen molar-refractivity contribution >= 4 is 11.8 Å². The zero-order chi connectivity index (χ0) is 28.2. The van der Waals surface area contributed by atoms with Crippen molar-refractivity contribution in [3.63, 3.8) is 0 Å². The van der Waals surface area contributed by atoms with Gasteiger partial charge in [-0.2, -0.15) is 4.91 Å². The second-order valence-electron chi connectivity index (χ2n) is 9.26. The first-order valence-corrected chi connectivity index (χ1v) is 12.9. The topological polar surface area (TPSA) is 108 Å². The fourth-order valence-electron chi connectivity index (χ4n) is 4.32. The van der Waals surface area contributed by atoms with Crippen molar-refractivity contribution < 1.29 is 28.2 Å². The van der Waals surface area contributed by atoms with Gasteiger partial charge in [0.15, 0.2) is 0 Å². The van der Waals surface area contributed by atoms with Crippen LogP contribution >= 0.6 is 0 Å². The van der Waals surface area contributed by atoms with Gasteiger partial charge in [-0.1, -0.05) is 19.0 Å². The van der Waals surface area contributed by atoms with Crippen LogP contribution < -0.4 is 5.32 Å². The van der Waals surface area contributed by atoms with E-state index in [2.05, 4.69) is 10.5 Å². The summed E-state index contributed by atoms with van der Waals surface area (Å²) in [6, 6.07) is 5.16. The number of hydrogen-bond donors (Lipinski definition) is 2. The summed E-state index contributed by atoms with van der Waals surface area (Å²) in [4.78, 5) is 40.0. The highest BCUT2D eigenvalue weighted by molar-refractivity contribution is 6.00. The maximum absolute atomic E-state index is 13.8. The van der Waals surface area contributed by atoms with E-state index < -0.39 is 35.7 Å². The van der Waals surface area contributed by atoms with Gasteiger partial charge in [0.1, 0.15) is 23.8 Å². The molecule has 2 rings (SSSR count). The third-order valence-electron chi connectivity index (χ3n) is 5.98. The van der Waals surface area contributed by atoms with Crippen molar-refractivity contribution in [3.8, 4) is 0 Å². The zero-order valence-corrected chi connectivity index (χ0v) is 22.4. The van der Waals surface area contributed by atoms with Crippen LogP contribution in [0.25, 0.3) is 0 Å². The lowest BCUT2D eigenvalue weighted by atomic mass is 9.95. The standard InChI is InChI=1S/C28H37F2N3O5/c1-5-8-33(9-6-2)28(36)21-11-18(4)10-20(15-21)27(35)31-24(26(32-37)25(34)17-38-7-3)14-19-12-22(29)16-23(30)13-19/h10-13,15-16,24-26,34H,5-9,14,17H2,1-4H3,(H,31,35)/t24-,25?,26?/m0/s1. The van der Waals surface area contributed by atoms with Gasteiger partial charge >= 0.3 is 0 Å². The number of nitroso groups, excluding NO2 is 1. The number of halogens is 2. The molecular formula is C28H37F2N3O5. The van der Waals surface area contributed by atoms with Crippen molar-refractivity contribution in [3.05, 3.63) is 75.2 Å². The fourth-order valence-corrected chi connectivity index (χ4v) is 4.32. The van der Waals surface area contributed by atoms with Crippen LogP contribution in [0.5, 0.6) is 0 Å². The molecular weight excluding hydrogens is 496 g/mol. The Morgan fingerprint density at radius 1 is 1.00 bits per heavy atom. The number of amides is 2. The molecule has 0 heterocycles. The first kappa shape index (κ1) is 31.0. The number of aliphatic hydroxyl groups excluding tert-OH is 1. The molecule has 0 bridgehead atoms. The van der Waals surface area contributed by atoms with Crippen molar-refractivity contribution in [1.29, 1.82) is 0 Å². The van der Waals surface area contributed by atoms with Crippen LogP contribution in [0.2, 0.25) is 0 Å². The number of ether oxygens (including phenoxy) is 1. The van der Waals surface area contributed by atoms with Gasteiger partial charge in [0, 0.05) is 36.9 Å². The minimum Gasteiger partial charge on any atom is -0.388 e. The Balaban J connectivity index is 2.39. The van der Waals surface area contributed by atoms with E-state index in [0.29, 0.717) is 30.3 Å². The monoisotopic (exact) mass is 533 g/mol. The molecule has 8 nitrogen and oxygen atoms in total. The van der Waals surface area contributed by atoms with Gasteiger partial charge in [-0.15, -0.1) is 0 Å². The Bertz CT molecular complexity index is 1070. The van der Waals surface area contributed by atoms with E-state index in [-0.39, 0.29) is 36.7 Å². The predicted molar refractivity (Wildman–Crippen MR) is 141 cm³/mol. The van der Waals surface area contributed by atoms with Crippen LogP contribution in [0, 0.1) is 23.5 Å². The average molecular weight is 534 g/mol. The molecule has 2 unspecified atom stereocenters. The van der Waals surface area contributed by atoms with Crippen LogP contribution in [-0.4, -0.2) is 66.3 Å². The third-order valence-corrected chi connectivity index (χ3v) is 5.98. The highest BCUT2D eigenvalue weighted by Crippen LogP contribution is 2.18. The molecule has 2 amide bonds. The van der Waals surface area contributed by atoms with Crippen molar-refractivity contribution in [2.24, 2.45) is 5.18 Å². The van der Waals surface area contributed by atoms with Crippen LogP contribution in [-0.2, 0) is 11.2 Å². The molecule has 3 atom stereocenters. The van der Waals surface area contributed by atoms with Crippen molar-refractivity contribution in [2.45, 2.75) is 65.1 Å². The van der Waals surface area contributed by atoms with Crippen molar-refractivity contribution in [2.75, 3.05) is 26.3 Å². The largest absolute Gasteiger partial charge is 0.388 e. The third kappa shape index (κ3) is 8.95. The molecule has 0 saturated carbocycles. The highest BCUT2D eigenvalue weighted by Gasteiger charge is 2.32. The molecule has 2 N–H and O–H groups in total. The summed E-state index contributed by atoms with van der Waals surface area (Å²) in [7, 11) is 0. The molecule has 10 heteroatoms. The second-order valence-corrected chi connectivity index (χ2v) is 9.26. The number of hydrogen-bond acceptors (Lipinski definition) is 6. The van der Waals surface area contributed by atoms with E-state index >= 15 is 0 Å². The Labute approximate surface area is 222 Å². The molecule has 38 heavy (non-hydrogen) atoms. The summed E-state index contributed by atoms with van der Waals surface area (Å²) in [6.45, 7) is 8.65. The van der Waals surface area contributed by atoms with E-state index in [9.17, 15) is 28.4 Å². The Morgan fingerprint density at radius 2 is 1.61 bits per heavy atom. The minimum absolute atomic E-state index is 0.167. The van der Waals surface area contributed by atoms with Gasteiger partial charge in [0.25, 0.3) is 11.8 Å². The lowest BCUT2D eigenvalue weighted by Gasteiger charge is -2.27. The number of carbonyl (C=O) groups excluding carboxylic acids is 2. The summed E-state index contributed by atoms with van der Waals surface area (Å²) in [6.07, 6.45) is 0.0233. The molecule has 0 aliphatic heterocycles. The predicted octanol–water partition coefficient (Wildman–Crippen LogP) is 4.41. The SMILES string of the molecule is CCCN(CCC)C(=O)c1cc(C)cc(C(=O)N[C@@H](Cc2cc(F)cc(F)c2)C(N=O)C(O)COCC)c1. The Morgan fingerprint density at radius 3 is 2.16 bits per heavy atom. The van der Waals surface area contributed by atoms with Crippen LogP contribution in [0.1, 0.15) is 65.5 Å². The van der Waals surface area contributed by atoms with Gasteiger partial charge in [0.05, 0.1) is 12.6 Å². The minimum atomic E-state index is -1.37. The van der Waals surface area contributed by atoms with Gasteiger partial charge in [0.2, 0.25) is 0 Å².